The third-order valence-electron chi connectivity index (χ3n) is 7.95. The summed E-state index contributed by atoms with van der Waals surface area (Å²) in [4.78, 5) is 30.8. The zero-order valence-electron chi connectivity index (χ0n) is 24.5. The number of rotatable bonds is 8. The van der Waals surface area contributed by atoms with Crippen molar-refractivity contribution in [1.82, 2.24) is 19.2 Å². The van der Waals surface area contributed by atoms with E-state index in [0.29, 0.717) is 22.7 Å². The Bertz CT molecular complexity index is 1570. The summed E-state index contributed by atoms with van der Waals surface area (Å²) in [5.74, 6) is 0.243. The van der Waals surface area contributed by atoms with E-state index in [1.165, 1.54) is 0 Å². The number of nitrogens with zero attached hydrogens (tertiary/aromatic N) is 4. The first kappa shape index (κ1) is 28.9. The SMILES string of the molecule is CCc1cccc(CC)c1-n1c(CC(C)C)c(C(=O)N2CCCCC2)cc(-n2cc(-c3ccc(Cl)cc3)cn2)c1=O. The molecule has 1 amide bonds. The van der Waals surface area contributed by atoms with Gasteiger partial charge in [-0.05, 0) is 79.3 Å². The van der Waals surface area contributed by atoms with Crippen molar-refractivity contribution < 1.29 is 4.79 Å². The van der Waals surface area contributed by atoms with Gasteiger partial charge in [-0.15, -0.1) is 0 Å². The number of para-hydroxylation sites is 1. The molecular formula is C34H39ClN4O2. The summed E-state index contributed by atoms with van der Waals surface area (Å²) < 4.78 is 3.46. The monoisotopic (exact) mass is 570 g/mol. The predicted molar refractivity (Wildman–Crippen MR) is 167 cm³/mol. The summed E-state index contributed by atoms with van der Waals surface area (Å²) in [7, 11) is 0. The van der Waals surface area contributed by atoms with E-state index in [0.717, 1.165) is 78.8 Å². The van der Waals surface area contributed by atoms with Gasteiger partial charge in [0.2, 0.25) is 0 Å². The Kier molecular flexibility index (Phi) is 8.79. The van der Waals surface area contributed by atoms with E-state index in [-0.39, 0.29) is 17.4 Å². The zero-order chi connectivity index (χ0) is 29.1. The number of benzene rings is 2. The highest BCUT2D eigenvalue weighted by Crippen LogP contribution is 2.28. The molecule has 1 aliphatic heterocycles. The van der Waals surface area contributed by atoms with Gasteiger partial charge in [0.1, 0.15) is 5.69 Å². The number of piperidine rings is 1. The maximum atomic E-state index is 14.6. The van der Waals surface area contributed by atoms with Crippen LogP contribution in [0.5, 0.6) is 0 Å². The lowest BCUT2D eigenvalue weighted by atomic mass is 9.97. The molecule has 6 nitrogen and oxygen atoms in total. The van der Waals surface area contributed by atoms with Gasteiger partial charge in [-0.25, -0.2) is 4.68 Å². The van der Waals surface area contributed by atoms with Gasteiger partial charge in [0.25, 0.3) is 11.5 Å². The number of hydrogen-bond acceptors (Lipinski definition) is 3. The fourth-order valence-electron chi connectivity index (χ4n) is 5.83. The Morgan fingerprint density at radius 1 is 0.951 bits per heavy atom. The van der Waals surface area contributed by atoms with Crippen LogP contribution in [0.2, 0.25) is 5.02 Å². The molecule has 0 spiro atoms. The Hall–Kier alpha value is -3.64. The van der Waals surface area contributed by atoms with Gasteiger partial charge in [0.05, 0.1) is 17.4 Å². The van der Waals surface area contributed by atoms with Crippen LogP contribution in [-0.4, -0.2) is 38.2 Å². The van der Waals surface area contributed by atoms with Crippen molar-refractivity contribution in [3.05, 3.63) is 98.7 Å². The van der Waals surface area contributed by atoms with Crippen LogP contribution < -0.4 is 5.56 Å². The molecule has 41 heavy (non-hydrogen) atoms. The molecule has 0 atom stereocenters. The minimum Gasteiger partial charge on any atom is -0.339 e. The van der Waals surface area contributed by atoms with Crippen LogP contribution in [0.1, 0.15) is 74.1 Å². The lowest BCUT2D eigenvalue weighted by Crippen LogP contribution is -2.38. The number of hydrogen-bond donors (Lipinski definition) is 0. The number of carbonyl (C=O) groups is 1. The fourth-order valence-corrected chi connectivity index (χ4v) is 5.95. The van der Waals surface area contributed by atoms with E-state index in [9.17, 15) is 9.59 Å². The second kappa shape index (κ2) is 12.5. The smallest absolute Gasteiger partial charge is 0.281 e. The maximum Gasteiger partial charge on any atom is 0.281 e. The number of aryl methyl sites for hydroxylation is 2. The molecule has 0 saturated carbocycles. The molecule has 1 aliphatic rings. The molecule has 214 valence electrons. The molecule has 5 rings (SSSR count). The Morgan fingerprint density at radius 2 is 1.61 bits per heavy atom. The molecule has 2 aromatic carbocycles. The molecular weight excluding hydrogens is 532 g/mol. The molecule has 2 aromatic heterocycles. The summed E-state index contributed by atoms with van der Waals surface area (Å²) in [5.41, 5.74) is 6.47. The number of carbonyl (C=O) groups excluding carboxylic acids is 1. The number of amides is 1. The van der Waals surface area contributed by atoms with Gasteiger partial charge in [-0.1, -0.05) is 69.6 Å². The third-order valence-corrected chi connectivity index (χ3v) is 8.21. The van der Waals surface area contributed by atoms with E-state index in [1.54, 1.807) is 16.9 Å². The molecule has 1 fully saturated rings. The molecule has 0 N–H and O–H groups in total. The van der Waals surface area contributed by atoms with Crippen LogP contribution in [0, 0.1) is 5.92 Å². The molecule has 1 saturated heterocycles. The predicted octanol–water partition coefficient (Wildman–Crippen LogP) is 7.29. The molecule has 3 heterocycles. The Balaban J connectivity index is 1.80. The van der Waals surface area contributed by atoms with E-state index in [4.69, 9.17) is 11.6 Å². The topological polar surface area (TPSA) is 60.1 Å². The normalized spacial score (nSPS) is 13.7. The minimum absolute atomic E-state index is 0.00698. The fraction of sp³-hybridized carbons (Fsp3) is 0.382. The lowest BCUT2D eigenvalue weighted by molar-refractivity contribution is 0.0722. The second-order valence-electron chi connectivity index (χ2n) is 11.3. The standard InChI is InChI=1S/C34H39ClN4O2/c1-5-24-11-10-12-25(6-2)32(24)39-30(19-23(3)4)29(33(40)37-17-8-7-9-18-37)20-31(34(39)41)38-22-27(21-36-38)26-13-15-28(35)16-14-26/h10-16,20-23H,5-9,17-19H2,1-4H3. The van der Waals surface area contributed by atoms with E-state index in [1.807, 2.05) is 39.9 Å². The van der Waals surface area contributed by atoms with Gasteiger partial charge in [0, 0.05) is 35.6 Å². The van der Waals surface area contributed by atoms with Crippen LogP contribution >= 0.6 is 11.6 Å². The van der Waals surface area contributed by atoms with Crippen LogP contribution in [0.4, 0.5) is 0 Å². The first-order chi connectivity index (χ1) is 19.8. The highest BCUT2D eigenvalue weighted by Gasteiger charge is 2.28. The van der Waals surface area contributed by atoms with Gasteiger partial charge in [-0.2, -0.15) is 5.10 Å². The van der Waals surface area contributed by atoms with Gasteiger partial charge in [0.15, 0.2) is 0 Å². The van der Waals surface area contributed by atoms with E-state index >= 15 is 0 Å². The van der Waals surface area contributed by atoms with Crippen LogP contribution in [-0.2, 0) is 19.3 Å². The number of aromatic nitrogens is 3. The van der Waals surface area contributed by atoms with Crippen molar-refractivity contribution in [3.63, 3.8) is 0 Å². The highest BCUT2D eigenvalue weighted by molar-refractivity contribution is 6.30. The third kappa shape index (κ3) is 5.89. The van der Waals surface area contributed by atoms with Crippen LogP contribution in [0.15, 0.2) is 65.7 Å². The highest BCUT2D eigenvalue weighted by atomic mass is 35.5. The molecule has 0 radical (unpaired) electrons. The van der Waals surface area contributed by atoms with Crippen LogP contribution in [0.3, 0.4) is 0 Å². The Labute approximate surface area is 247 Å². The van der Waals surface area contributed by atoms with Crippen molar-refractivity contribution >= 4 is 17.5 Å². The first-order valence-electron chi connectivity index (χ1n) is 14.8. The second-order valence-corrected chi connectivity index (χ2v) is 11.7. The van der Waals surface area contributed by atoms with Crippen molar-refractivity contribution in [2.24, 2.45) is 5.92 Å². The van der Waals surface area contributed by atoms with Crippen molar-refractivity contribution in [1.29, 1.82) is 0 Å². The molecule has 7 heteroatoms. The Morgan fingerprint density at radius 3 is 2.22 bits per heavy atom. The first-order valence-corrected chi connectivity index (χ1v) is 15.2. The quantitative estimate of drug-likeness (QED) is 0.223. The summed E-state index contributed by atoms with van der Waals surface area (Å²) in [6.07, 6.45) is 8.91. The molecule has 4 aromatic rings. The summed E-state index contributed by atoms with van der Waals surface area (Å²) in [6.45, 7) is 9.97. The van der Waals surface area contributed by atoms with Gasteiger partial charge < -0.3 is 4.90 Å². The summed E-state index contributed by atoms with van der Waals surface area (Å²) in [5, 5.41) is 5.27. The molecule has 0 bridgehead atoms. The number of likely N-dealkylation sites (tertiary alicyclic amines) is 1. The van der Waals surface area contributed by atoms with Gasteiger partial charge >= 0.3 is 0 Å². The largest absolute Gasteiger partial charge is 0.339 e. The average molecular weight is 571 g/mol. The van der Waals surface area contributed by atoms with E-state index < -0.39 is 0 Å². The molecule has 0 unspecified atom stereocenters. The van der Waals surface area contributed by atoms with E-state index in [2.05, 4.69) is 51.0 Å². The molecule has 0 aliphatic carbocycles. The van der Waals surface area contributed by atoms with Crippen molar-refractivity contribution in [2.45, 2.75) is 66.2 Å². The number of halogens is 1. The van der Waals surface area contributed by atoms with Crippen molar-refractivity contribution in [3.8, 4) is 22.5 Å². The lowest BCUT2D eigenvalue weighted by Gasteiger charge is -2.29. The van der Waals surface area contributed by atoms with Gasteiger partial charge in [-0.3, -0.25) is 14.2 Å². The summed E-state index contributed by atoms with van der Waals surface area (Å²) in [6, 6.07) is 15.6. The minimum atomic E-state index is -0.169. The van der Waals surface area contributed by atoms with Crippen molar-refractivity contribution in [2.75, 3.05) is 13.1 Å². The average Bonchev–Trinajstić information content (AvgIpc) is 3.47. The zero-order valence-corrected chi connectivity index (χ0v) is 25.2. The maximum absolute atomic E-state index is 14.6. The van der Waals surface area contributed by atoms with Crippen LogP contribution in [0.25, 0.3) is 22.5 Å². The summed E-state index contributed by atoms with van der Waals surface area (Å²) >= 11 is 6.11. The number of pyridine rings is 1.